The molecular weight excluding hydrogens is 278 g/mol. The maximum Gasteiger partial charge on any atom is 0.359 e. The smallest absolute Gasteiger partial charge is 0.359 e. The van der Waals surface area contributed by atoms with Crippen LogP contribution in [0.3, 0.4) is 0 Å². The average molecular weight is 294 g/mol. The molecule has 2 rings (SSSR count). The summed E-state index contributed by atoms with van der Waals surface area (Å²) in [5.41, 5.74) is -0.949. The minimum Gasteiger partial charge on any atom is -0.462 e. The van der Waals surface area contributed by atoms with Gasteiger partial charge in [0.2, 0.25) is 0 Å². The second-order valence-electron chi connectivity index (χ2n) is 4.23. The van der Waals surface area contributed by atoms with E-state index in [-0.39, 0.29) is 30.1 Å². The van der Waals surface area contributed by atoms with E-state index in [0.29, 0.717) is 0 Å². The summed E-state index contributed by atoms with van der Waals surface area (Å²) in [6.07, 6.45) is 3.19. The third kappa shape index (κ3) is 2.51. The molecule has 8 heteroatoms. The van der Waals surface area contributed by atoms with Gasteiger partial charge in [-0.15, -0.1) is 4.52 Å². The standard InChI is InChI=1S/C13H15N3O5/c1-4-20-12(18)8-9(13(19)21-5-2)14-16-7-6-15(3)11(16)10(8)17/h6-7H,4-5H2,1-3H3/p+1. The molecule has 0 spiro atoms. The number of ether oxygens (including phenoxy) is 2. The Morgan fingerprint density at radius 2 is 1.86 bits per heavy atom. The number of rotatable bonds is 4. The zero-order valence-electron chi connectivity index (χ0n) is 12.0. The molecule has 2 heterocycles. The van der Waals surface area contributed by atoms with Crippen LogP contribution in [0.1, 0.15) is 34.7 Å². The van der Waals surface area contributed by atoms with Crippen LogP contribution in [0, 0.1) is 0 Å². The number of aryl methyl sites for hydroxylation is 1. The van der Waals surface area contributed by atoms with E-state index in [9.17, 15) is 14.4 Å². The fourth-order valence-corrected chi connectivity index (χ4v) is 1.99. The maximum absolute atomic E-state index is 12.5. The number of H-pyrrole nitrogens is 1. The number of aromatic amines is 1. The van der Waals surface area contributed by atoms with E-state index in [1.165, 1.54) is 9.08 Å². The SMILES string of the molecule is CCOC(=O)c1[nH]n2cc[n+](C)c2c(=O)c1C(=O)OCC. The summed E-state index contributed by atoms with van der Waals surface area (Å²) < 4.78 is 12.6. The quantitative estimate of drug-likeness (QED) is 0.623. The zero-order valence-corrected chi connectivity index (χ0v) is 12.0. The van der Waals surface area contributed by atoms with Gasteiger partial charge in [0.25, 0.3) is 5.43 Å². The van der Waals surface area contributed by atoms with Gasteiger partial charge < -0.3 is 9.47 Å². The summed E-state index contributed by atoms with van der Waals surface area (Å²) in [4.78, 5) is 36.4. The zero-order chi connectivity index (χ0) is 15.6. The Labute approximate surface area is 119 Å². The van der Waals surface area contributed by atoms with E-state index in [1.54, 1.807) is 33.3 Å². The largest absolute Gasteiger partial charge is 0.462 e. The highest BCUT2D eigenvalue weighted by molar-refractivity contribution is 6.02. The molecule has 0 unspecified atom stereocenters. The second-order valence-corrected chi connectivity index (χ2v) is 4.23. The van der Waals surface area contributed by atoms with E-state index in [0.717, 1.165) is 0 Å². The lowest BCUT2D eigenvalue weighted by molar-refractivity contribution is -0.645. The normalized spacial score (nSPS) is 10.6. The summed E-state index contributed by atoms with van der Waals surface area (Å²) in [5.74, 6) is -1.64. The number of aromatic nitrogens is 3. The van der Waals surface area contributed by atoms with Crippen molar-refractivity contribution < 1.29 is 23.6 Å². The van der Waals surface area contributed by atoms with E-state index >= 15 is 0 Å². The number of esters is 2. The number of fused-ring (bicyclic) bond motifs is 1. The van der Waals surface area contributed by atoms with Crippen molar-refractivity contribution in [1.29, 1.82) is 0 Å². The van der Waals surface area contributed by atoms with Crippen molar-refractivity contribution >= 4 is 17.6 Å². The fraction of sp³-hybridized carbons (Fsp3) is 0.385. The molecule has 2 aromatic heterocycles. The van der Waals surface area contributed by atoms with Crippen molar-refractivity contribution in [3.05, 3.63) is 33.9 Å². The monoisotopic (exact) mass is 294 g/mol. The number of nitrogens with zero attached hydrogens (tertiary/aromatic N) is 2. The summed E-state index contributed by atoms with van der Waals surface area (Å²) >= 11 is 0. The van der Waals surface area contributed by atoms with Crippen molar-refractivity contribution in [3.8, 4) is 0 Å². The molecule has 112 valence electrons. The van der Waals surface area contributed by atoms with Gasteiger partial charge in [0, 0.05) is 0 Å². The number of carbonyl (C=O) groups excluding carboxylic acids is 2. The average Bonchev–Trinajstić information content (AvgIpc) is 2.80. The van der Waals surface area contributed by atoms with Crippen LogP contribution in [-0.4, -0.2) is 34.8 Å². The summed E-state index contributed by atoms with van der Waals surface area (Å²) in [6, 6.07) is 0. The van der Waals surface area contributed by atoms with E-state index in [1.807, 2.05) is 0 Å². The molecule has 0 saturated heterocycles. The second kappa shape index (κ2) is 5.78. The Bertz CT molecular complexity index is 759. The van der Waals surface area contributed by atoms with Gasteiger partial charge in [-0.1, -0.05) is 0 Å². The highest BCUT2D eigenvalue weighted by Crippen LogP contribution is 2.07. The Morgan fingerprint density at radius 1 is 1.24 bits per heavy atom. The molecule has 0 aliphatic carbocycles. The molecule has 0 fully saturated rings. The molecule has 0 aliphatic heterocycles. The minimum absolute atomic E-state index is 0.0961. The predicted octanol–water partition coefficient (Wildman–Crippen LogP) is -0.195. The first-order valence-corrected chi connectivity index (χ1v) is 6.48. The minimum atomic E-state index is -0.856. The van der Waals surface area contributed by atoms with Gasteiger partial charge in [-0.3, -0.25) is 4.79 Å². The lowest BCUT2D eigenvalue weighted by Gasteiger charge is -2.06. The first kappa shape index (κ1) is 14.8. The van der Waals surface area contributed by atoms with Crippen LogP contribution in [0.15, 0.2) is 17.2 Å². The summed E-state index contributed by atoms with van der Waals surface area (Å²) in [5, 5.41) is 2.70. The topological polar surface area (TPSA) is 93.8 Å². The summed E-state index contributed by atoms with van der Waals surface area (Å²) in [6.45, 7) is 3.47. The predicted molar refractivity (Wildman–Crippen MR) is 71.1 cm³/mol. The highest BCUT2D eigenvalue weighted by Gasteiger charge is 2.30. The van der Waals surface area contributed by atoms with Crippen LogP contribution < -0.4 is 10.00 Å². The van der Waals surface area contributed by atoms with Crippen LogP contribution in [-0.2, 0) is 16.5 Å². The molecular formula is C13H16N3O5+. The Balaban J connectivity index is 2.75. The molecule has 0 atom stereocenters. The molecule has 1 N–H and O–H groups in total. The van der Waals surface area contributed by atoms with Crippen molar-refractivity contribution in [2.24, 2.45) is 7.05 Å². The van der Waals surface area contributed by atoms with Crippen molar-refractivity contribution in [3.63, 3.8) is 0 Å². The van der Waals surface area contributed by atoms with Gasteiger partial charge in [-0.05, 0) is 13.8 Å². The van der Waals surface area contributed by atoms with Gasteiger partial charge >= 0.3 is 17.6 Å². The number of hydrogen-bond donors (Lipinski definition) is 1. The fourth-order valence-electron chi connectivity index (χ4n) is 1.99. The lowest BCUT2D eigenvalue weighted by Crippen LogP contribution is -2.36. The third-order valence-electron chi connectivity index (χ3n) is 2.87. The van der Waals surface area contributed by atoms with E-state index in [4.69, 9.17) is 9.47 Å². The number of hydrogen-bond acceptors (Lipinski definition) is 5. The molecule has 2 aromatic rings. The Kier molecular flexibility index (Phi) is 4.06. The van der Waals surface area contributed by atoms with Gasteiger partial charge in [0.1, 0.15) is 11.8 Å². The van der Waals surface area contributed by atoms with Gasteiger partial charge in [-0.25, -0.2) is 19.3 Å². The van der Waals surface area contributed by atoms with Crippen molar-refractivity contribution in [1.82, 2.24) is 9.61 Å². The molecule has 0 aromatic carbocycles. The number of carbonyl (C=O) groups is 2. The van der Waals surface area contributed by atoms with E-state index < -0.39 is 17.4 Å². The van der Waals surface area contributed by atoms with Gasteiger partial charge in [0.05, 0.1) is 20.3 Å². The third-order valence-corrected chi connectivity index (χ3v) is 2.87. The van der Waals surface area contributed by atoms with Crippen LogP contribution in [0.2, 0.25) is 0 Å². The molecule has 0 aliphatic rings. The molecule has 8 nitrogen and oxygen atoms in total. The van der Waals surface area contributed by atoms with Gasteiger partial charge in [0.15, 0.2) is 11.9 Å². The molecule has 0 bridgehead atoms. The van der Waals surface area contributed by atoms with Crippen LogP contribution in [0.25, 0.3) is 5.65 Å². The Morgan fingerprint density at radius 3 is 2.48 bits per heavy atom. The molecule has 0 radical (unpaired) electrons. The lowest BCUT2D eigenvalue weighted by atomic mass is 10.2. The van der Waals surface area contributed by atoms with Gasteiger partial charge in [-0.2, -0.15) is 0 Å². The number of nitrogens with one attached hydrogen (secondary N) is 1. The molecule has 21 heavy (non-hydrogen) atoms. The number of imidazole rings is 1. The van der Waals surface area contributed by atoms with Crippen molar-refractivity contribution in [2.45, 2.75) is 13.8 Å². The first-order valence-electron chi connectivity index (χ1n) is 6.48. The highest BCUT2D eigenvalue weighted by atomic mass is 16.5. The molecule has 0 amide bonds. The van der Waals surface area contributed by atoms with Crippen LogP contribution in [0.5, 0.6) is 0 Å². The van der Waals surface area contributed by atoms with Crippen molar-refractivity contribution in [2.75, 3.05) is 13.2 Å². The van der Waals surface area contributed by atoms with Crippen LogP contribution in [0.4, 0.5) is 0 Å². The summed E-state index contributed by atoms with van der Waals surface area (Å²) in [7, 11) is 1.66. The molecule has 0 saturated carbocycles. The van der Waals surface area contributed by atoms with E-state index in [2.05, 4.69) is 5.10 Å². The van der Waals surface area contributed by atoms with Crippen LogP contribution >= 0.6 is 0 Å². The maximum atomic E-state index is 12.5. The first-order chi connectivity index (χ1) is 10.0. The Hall–Kier alpha value is -2.64.